The minimum atomic E-state index is -0.251. The number of aryl methyl sites for hydroxylation is 1. The van der Waals surface area contributed by atoms with Crippen LogP contribution in [0.2, 0.25) is 0 Å². The average Bonchev–Trinajstić information content (AvgIpc) is 3.28. The van der Waals surface area contributed by atoms with Crippen molar-refractivity contribution in [2.24, 2.45) is 7.05 Å². The summed E-state index contributed by atoms with van der Waals surface area (Å²) in [6.45, 7) is 0.697. The molecule has 2 heterocycles. The van der Waals surface area contributed by atoms with Gasteiger partial charge in [-0.3, -0.25) is 14.3 Å². The van der Waals surface area contributed by atoms with Crippen LogP contribution in [0.5, 0.6) is 0 Å². The zero-order valence-electron chi connectivity index (χ0n) is 15.1. The van der Waals surface area contributed by atoms with E-state index in [1.807, 2.05) is 49.6 Å². The smallest absolute Gasteiger partial charge is 0.256 e. The van der Waals surface area contributed by atoms with Gasteiger partial charge in [-0.2, -0.15) is 5.10 Å². The van der Waals surface area contributed by atoms with Gasteiger partial charge in [0, 0.05) is 43.0 Å². The lowest BCUT2D eigenvalue weighted by molar-refractivity contribution is -0.117. The highest BCUT2D eigenvalue weighted by atomic mass is 16.2. The first-order valence-corrected chi connectivity index (χ1v) is 8.92. The maximum Gasteiger partial charge on any atom is 0.256 e. The first kappa shape index (κ1) is 17.0. The Balaban J connectivity index is 1.59. The molecule has 4 rings (SSSR count). The molecular formula is C21H20N4O2. The van der Waals surface area contributed by atoms with Crippen molar-refractivity contribution in [3.63, 3.8) is 0 Å². The number of anilines is 2. The fourth-order valence-corrected chi connectivity index (χ4v) is 3.33. The summed E-state index contributed by atoms with van der Waals surface area (Å²) in [7, 11) is 1.82. The molecule has 1 fully saturated rings. The van der Waals surface area contributed by atoms with E-state index in [2.05, 4.69) is 10.4 Å². The van der Waals surface area contributed by atoms with Crippen LogP contribution in [-0.4, -0.2) is 28.1 Å². The van der Waals surface area contributed by atoms with Crippen LogP contribution >= 0.6 is 0 Å². The lowest BCUT2D eigenvalue weighted by Gasteiger charge is -2.16. The Bertz CT molecular complexity index is 994. The third-order valence-electron chi connectivity index (χ3n) is 4.64. The van der Waals surface area contributed by atoms with Crippen molar-refractivity contribution in [2.75, 3.05) is 16.8 Å². The Labute approximate surface area is 157 Å². The van der Waals surface area contributed by atoms with Crippen molar-refractivity contribution < 1.29 is 9.59 Å². The maximum absolute atomic E-state index is 12.8. The van der Waals surface area contributed by atoms with Crippen molar-refractivity contribution in [2.45, 2.75) is 12.8 Å². The molecule has 2 amide bonds. The summed E-state index contributed by atoms with van der Waals surface area (Å²) in [5.74, 6) is 0.361. The highest BCUT2D eigenvalue weighted by Gasteiger charge is 2.22. The van der Waals surface area contributed by atoms with E-state index in [9.17, 15) is 9.59 Å². The number of aromatic nitrogens is 2. The lowest BCUT2D eigenvalue weighted by Crippen LogP contribution is -2.24. The highest BCUT2D eigenvalue weighted by molar-refractivity contribution is 6.06. The summed E-state index contributed by atoms with van der Waals surface area (Å²) in [6.07, 6.45) is 3.29. The zero-order valence-corrected chi connectivity index (χ0v) is 15.1. The molecule has 1 N–H and O–H groups in total. The van der Waals surface area contributed by atoms with Crippen LogP contribution in [-0.2, 0) is 11.8 Å². The predicted octanol–water partition coefficient (Wildman–Crippen LogP) is 3.47. The quantitative estimate of drug-likeness (QED) is 0.775. The van der Waals surface area contributed by atoms with Crippen LogP contribution in [0.1, 0.15) is 23.2 Å². The molecule has 0 saturated carbocycles. The molecule has 1 aromatic heterocycles. The fraction of sp³-hybridized carbons (Fsp3) is 0.190. The van der Waals surface area contributed by atoms with E-state index in [1.54, 1.807) is 27.8 Å². The summed E-state index contributed by atoms with van der Waals surface area (Å²) < 4.78 is 1.68. The first-order valence-electron chi connectivity index (χ1n) is 8.92. The summed E-state index contributed by atoms with van der Waals surface area (Å²) in [5, 5.41) is 7.29. The van der Waals surface area contributed by atoms with Gasteiger partial charge in [-0.05, 0) is 30.2 Å². The third-order valence-corrected chi connectivity index (χ3v) is 4.64. The molecule has 6 heteroatoms. The molecule has 3 aromatic rings. The number of carbonyl (C=O) groups is 2. The molecule has 0 spiro atoms. The second-order valence-corrected chi connectivity index (χ2v) is 6.58. The number of benzene rings is 2. The summed E-state index contributed by atoms with van der Waals surface area (Å²) >= 11 is 0. The molecule has 1 saturated heterocycles. The van der Waals surface area contributed by atoms with E-state index in [0.29, 0.717) is 24.3 Å². The first-order chi connectivity index (χ1) is 13.1. The number of rotatable bonds is 4. The van der Waals surface area contributed by atoms with Crippen LogP contribution in [0.25, 0.3) is 11.1 Å². The summed E-state index contributed by atoms with van der Waals surface area (Å²) in [5.41, 5.74) is 3.10. The Hall–Kier alpha value is -3.41. The summed E-state index contributed by atoms with van der Waals surface area (Å²) in [6, 6.07) is 17.0. The minimum absolute atomic E-state index is 0.101. The number of hydrogen-bond acceptors (Lipinski definition) is 3. The zero-order chi connectivity index (χ0) is 18.8. The van der Waals surface area contributed by atoms with E-state index in [-0.39, 0.29) is 11.8 Å². The van der Waals surface area contributed by atoms with E-state index in [0.717, 1.165) is 23.2 Å². The second kappa shape index (κ2) is 7.07. The predicted molar refractivity (Wildman–Crippen MR) is 105 cm³/mol. The van der Waals surface area contributed by atoms with Crippen LogP contribution in [0.3, 0.4) is 0 Å². The van der Waals surface area contributed by atoms with Crippen LogP contribution in [0.4, 0.5) is 11.5 Å². The van der Waals surface area contributed by atoms with Gasteiger partial charge in [0.25, 0.3) is 5.91 Å². The van der Waals surface area contributed by atoms with E-state index in [1.165, 1.54) is 0 Å². The molecule has 2 aromatic carbocycles. The van der Waals surface area contributed by atoms with Gasteiger partial charge in [-0.25, -0.2) is 0 Å². The molecule has 27 heavy (non-hydrogen) atoms. The second-order valence-electron chi connectivity index (χ2n) is 6.58. The van der Waals surface area contributed by atoms with Crippen molar-refractivity contribution in [1.82, 2.24) is 9.78 Å². The third kappa shape index (κ3) is 3.46. The van der Waals surface area contributed by atoms with Crippen LogP contribution in [0, 0.1) is 0 Å². The van der Waals surface area contributed by atoms with Gasteiger partial charge >= 0.3 is 0 Å². The standard InChI is InChI=1S/C21H20N4O2/c1-24-14-18(15-7-3-2-4-8-15)20(23-24)22-21(27)16-9-5-10-17(13-16)25-12-6-11-19(25)26/h2-5,7-10,13-14H,6,11-12H2,1H3,(H,22,23,27). The molecule has 6 nitrogen and oxygen atoms in total. The van der Waals surface area contributed by atoms with Crippen molar-refractivity contribution in [1.29, 1.82) is 0 Å². The molecule has 0 unspecified atom stereocenters. The SMILES string of the molecule is Cn1cc(-c2ccccc2)c(NC(=O)c2cccc(N3CCCC3=O)c2)n1. The highest BCUT2D eigenvalue weighted by Crippen LogP contribution is 2.27. The molecule has 136 valence electrons. The maximum atomic E-state index is 12.8. The van der Waals surface area contributed by atoms with Gasteiger partial charge in [0.1, 0.15) is 0 Å². The van der Waals surface area contributed by atoms with E-state index >= 15 is 0 Å². The number of carbonyl (C=O) groups excluding carboxylic acids is 2. The van der Waals surface area contributed by atoms with Gasteiger partial charge in [0.2, 0.25) is 5.91 Å². The Morgan fingerprint density at radius 2 is 1.93 bits per heavy atom. The van der Waals surface area contributed by atoms with Crippen molar-refractivity contribution in [3.05, 3.63) is 66.4 Å². The van der Waals surface area contributed by atoms with Gasteiger partial charge < -0.3 is 10.2 Å². The van der Waals surface area contributed by atoms with Crippen LogP contribution < -0.4 is 10.2 Å². The lowest BCUT2D eigenvalue weighted by atomic mass is 10.1. The van der Waals surface area contributed by atoms with E-state index < -0.39 is 0 Å². The topological polar surface area (TPSA) is 67.2 Å². The Kier molecular flexibility index (Phi) is 4.46. The molecule has 0 aliphatic carbocycles. The normalized spacial score (nSPS) is 13.8. The molecular weight excluding hydrogens is 340 g/mol. The average molecular weight is 360 g/mol. The molecule has 0 radical (unpaired) electrons. The number of nitrogens with zero attached hydrogens (tertiary/aromatic N) is 3. The van der Waals surface area contributed by atoms with Gasteiger partial charge in [-0.1, -0.05) is 36.4 Å². The Morgan fingerprint density at radius 1 is 1.11 bits per heavy atom. The summed E-state index contributed by atoms with van der Waals surface area (Å²) in [4.78, 5) is 26.5. The van der Waals surface area contributed by atoms with Gasteiger partial charge in [0.15, 0.2) is 5.82 Å². The number of hydrogen-bond donors (Lipinski definition) is 1. The van der Waals surface area contributed by atoms with E-state index in [4.69, 9.17) is 0 Å². The Morgan fingerprint density at radius 3 is 2.67 bits per heavy atom. The minimum Gasteiger partial charge on any atom is -0.312 e. The van der Waals surface area contributed by atoms with Crippen molar-refractivity contribution >= 4 is 23.3 Å². The number of nitrogens with one attached hydrogen (secondary N) is 1. The number of amides is 2. The molecule has 0 atom stereocenters. The van der Waals surface area contributed by atoms with Gasteiger partial charge in [-0.15, -0.1) is 0 Å². The molecule has 1 aliphatic heterocycles. The monoisotopic (exact) mass is 360 g/mol. The van der Waals surface area contributed by atoms with Gasteiger partial charge in [0.05, 0.1) is 0 Å². The molecule has 1 aliphatic rings. The molecule has 0 bridgehead atoms. The largest absolute Gasteiger partial charge is 0.312 e. The van der Waals surface area contributed by atoms with Crippen molar-refractivity contribution in [3.8, 4) is 11.1 Å². The fourth-order valence-electron chi connectivity index (χ4n) is 3.33. The van der Waals surface area contributed by atoms with Crippen LogP contribution in [0.15, 0.2) is 60.8 Å².